The summed E-state index contributed by atoms with van der Waals surface area (Å²) in [6, 6.07) is 0. The molecule has 9 nitrogen and oxygen atoms in total. The molecule has 2 aromatic rings. The van der Waals surface area contributed by atoms with Gasteiger partial charge < -0.3 is 14.6 Å². The van der Waals surface area contributed by atoms with Crippen LogP contribution >= 0.6 is 0 Å². The van der Waals surface area contributed by atoms with E-state index in [9.17, 15) is 4.79 Å². The standard InChI is InChI=1S/C11H14N6O3/c1-12-11(18)10-13-9(20-15-10)5-17-4-8(14-16-17)7-2-3-19-6-7/h4,7H,2-3,5-6H2,1H3,(H,12,18)/t7-/m0/s1. The minimum absolute atomic E-state index is 0.00651. The molecule has 0 aromatic carbocycles. The molecule has 1 aliphatic rings. The Kier molecular flexibility index (Phi) is 3.42. The van der Waals surface area contributed by atoms with Crippen LogP contribution in [-0.4, -0.2) is 51.3 Å². The van der Waals surface area contributed by atoms with Crippen LogP contribution in [0.3, 0.4) is 0 Å². The first-order chi connectivity index (χ1) is 9.76. The minimum atomic E-state index is -0.387. The molecule has 1 atom stereocenters. The van der Waals surface area contributed by atoms with Crippen LogP contribution in [0.15, 0.2) is 10.7 Å². The number of aromatic nitrogens is 5. The summed E-state index contributed by atoms with van der Waals surface area (Å²) in [5, 5.41) is 14.1. The van der Waals surface area contributed by atoms with Crippen molar-refractivity contribution in [3.63, 3.8) is 0 Å². The van der Waals surface area contributed by atoms with E-state index in [-0.39, 0.29) is 18.3 Å². The van der Waals surface area contributed by atoms with Crippen molar-refractivity contribution in [2.24, 2.45) is 0 Å². The molecule has 9 heteroatoms. The smallest absolute Gasteiger partial charge is 0.292 e. The van der Waals surface area contributed by atoms with E-state index in [0.29, 0.717) is 18.4 Å². The SMILES string of the molecule is CNC(=O)c1noc(Cn2cc([C@H]3CCOC3)nn2)n1. The van der Waals surface area contributed by atoms with Crippen LogP contribution in [0.25, 0.3) is 0 Å². The third kappa shape index (κ3) is 2.52. The third-order valence-electron chi connectivity index (χ3n) is 3.10. The van der Waals surface area contributed by atoms with Crippen LogP contribution in [0.1, 0.15) is 34.5 Å². The van der Waals surface area contributed by atoms with Gasteiger partial charge in [0.25, 0.3) is 11.7 Å². The van der Waals surface area contributed by atoms with Crippen molar-refractivity contribution in [3.8, 4) is 0 Å². The first kappa shape index (κ1) is 12.7. The third-order valence-corrected chi connectivity index (χ3v) is 3.10. The summed E-state index contributed by atoms with van der Waals surface area (Å²) in [6.07, 6.45) is 2.79. The maximum atomic E-state index is 11.3. The highest BCUT2D eigenvalue weighted by atomic mass is 16.5. The molecule has 0 unspecified atom stereocenters. The van der Waals surface area contributed by atoms with E-state index in [0.717, 1.165) is 18.7 Å². The number of nitrogens with zero attached hydrogens (tertiary/aromatic N) is 5. The highest BCUT2D eigenvalue weighted by Crippen LogP contribution is 2.22. The first-order valence-corrected chi connectivity index (χ1v) is 6.28. The molecule has 3 rings (SSSR count). The number of hydrogen-bond donors (Lipinski definition) is 1. The second-order valence-electron chi connectivity index (χ2n) is 4.49. The topological polar surface area (TPSA) is 108 Å². The van der Waals surface area contributed by atoms with Crippen molar-refractivity contribution in [2.75, 3.05) is 20.3 Å². The van der Waals surface area contributed by atoms with Gasteiger partial charge in [0.15, 0.2) is 0 Å². The van der Waals surface area contributed by atoms with Gasteiger partial charge in [0.2, 0.25) is 5.89 Å². The lowest BCUT2D eigenvalue weighted by Gasteiger charge is -1.99. The number of rotatable bonds is 4. The minimum Gasteiger partial charge on any atom is -0.381 e. The van der Waals surface area contributed by atoms with Gasteiger partial charge in [-0.25, -0.2) is 4.68 Å². The number of amides is 1. The second kappa shape index (κ2) is 5.37. The van der Waals surface area contributed by atoms with Crippen molar-refractivity contribution >= 4 is 5.91 Å². The van der Waals surface area contributed by atoms with Crippen molar-refractivity contribution in [2.45, 2.75) is 18.9 Å². The second-order valence-corrected chi connectivity index (χ2v) is 4.49. The Morgan fingerprint density at radius 3 is 3.25 bits per heavy atom. The molecule has 1 N–H and O–H groups in total. The molecule has 0 radical (unpaired) electrons. The molecule has 1 fully saturated rings. The maximum absolute atomic E-state index is 11.3. The molecule has 0 spiro atoms. The number of hydrogen-bond acceptors (Lipinski definition) is 7. The van der Waals surface area contributed by atoms with Crippen molar-refractivity contribution < 1.29 is 14.1 Å². The molecule has 2 aromatic heterocycles. The molecule has 3 heterocycles. The predicted molar refractivity (Wildman–Crippen MR) is 65.0 cm³/mol. The monoisotopic (exact) mass is 278 g/mol. The van der Waals surface area contributed by atoms with Crippen molar-refractivity contribution in [1.29, 1.82) is 0 Å². The molecule has 0 aliphatic carbocycles. The Labute approximate surface area is 114 Å². The lowest BCUT2D eigenvalue weighted by Crippen LogP contribution is -2.19. The summed E-state index contributed by atoms with van der Waals surface area (Å²) >= 11 is 0. The Morgan fingerprint density at radius 1 is 1.60 bits per heavy atom. The van der Waals surface area contributed by atoms with Crippen LogP contribution < -0.4 is 5.32 Å². The fourth-order valence-corrected chi connectivity index (χ4v) is 2.01. The molecule has 0 saturated carbocycles. The average Bonchev–Trinajstić information content (AvgIpc) is 3.19. The van der Waals surface area contributed by atoms with Gasteiger partial charge in [-0.3, -0.25) is 4.79 Å². The Hall–Kier alpha value is -2.29. The lowest BCUT2D eigenvalue weighted by atomic mass is 10.1. The van der Waals surface area contributed by atoms with E-state index in [1.165, 1.54) is 7.05 Å². The molecule has 1 saturated heterocycles. The highest BCUT2D eigenvalue weighted by Gasteiger charge is 2.21. The zero-order valence-corrected chi connectivity index (χ0v) is 10.9. The zero-order chi connectivity index (χ0) is 13.9. The molecule has 1 aliphatic heterocycles. The van der Waals surface area contributed by atoms with Crippen LogP contribution in [0.4, 0.5) is 0 Å². The first-order valence-electron chi connectivity index (χ1n) is 6.28. The van der Waals surface area contributed by atoms with Gasteiger partial charge in [0.05, 0.1) is 12.3 Å². The van der Waals surface area contributed by atoms with Crippen molar-refractivity contribution in [1.82, 2.24) is 30.5 Å². The number of ether oxygens (including phenoxy) is 1. The van der Waals surface area contributed by atoms with E-state index in [2.05, 4.69) is 25.8 Å². The quantitative estimate of drug-likeness (QED) is 0.808. The fraction of sp³-hybridized carbons (Fsp3) is 0.545. The Balaban J connectivity index is 1.68. The van der Waals surface area contributed by atoms with Gasteiger partial charge in [-0.2, -0.15) is 4.98 Å². The molecule has 106 valence electrons. The van der Waals surface area contributed by atoms with Gasteiger partial charge in [-0.1, -0.05) is 10.4 Å². The van der Waals surface area contributed by atoms with Gasteiger partial charge in [-0.05, 0) is 6.42 Å². The normalized spacial score (nSPS) is 18.4. The number of carbonyl (C=O) groups excluding carboxylic acids is 1. The summed E-state index contributed by atoms with van der Waals surface area (Å²) in [4.78, 5) is 15.3. The molecule has 1 amide bonds. The van der Waals surface area contributed by atoms with E-state index < -0.39 is 0 Å². The van der Waals surface area contributed by atoms with Gasteiger partial charge in [-0.15, -0.1) is 5.10 Å². The summed E-state index contributed by atoms with van der Waals surface area (Å²) in [5.41, 5.74) is 0.897. The van der Waals surface area contributed by atoms with Crippen LogP contribution in [0, 0.1) is 0 Å². The number of carbonyl (C=O) groups is 1. The summed E-state index contributed by atoms with van der Waals surface area (Å²) < 4.78 is 11.9. The van der Waals surface area contributed by atoms with Gasteiger partial charge in [0, 0.05) is 25.8 Å². The Morgan fingerprint density at radius 2 is 2.50 bits per heavy atom. The highest BCUT2D eigenvalue weighted by molar-refractivity contribution is 5.89. The van der Waals surface area contributed by atoms with E-state index in [1.54, 1.807) is 4.68 Å². The predicted octanol–water partition coefficient (Wildman–Crippen LogP) is -0.427. The Bertz CT molecular complexity index is 601. The largest absolute Gasteiger partial charge is 0.381 e. The molecule has 20 heavy (non-hydrogen) atoms. The van der Waals surface area contributed by atoms with Crippen molar-refractivity contribution in [3.05, 3.63) is 23.6 Å². The molecular formula is C11H14N6O3. The lowest BCUT2D eigenvalue weighted by molar-refractivity contribution is 0.0950. The van der Waals surface area contributed by atoms with Crippen LogP contribution in [0.5, 0.6) is 0 Å². The van der Waals surface area contributed by atoms with E-state index in [1.807, 2.05) is 6.20 Å². The van der Waals surface area contributed by atoms with E-state index in [4.69, 9.17) is 9.26 Å². The fourth-order valence-electron chi connectivity index (χ4n) is 2.01. The van der Waals surface area contributed by atoms with Gasteiger partial charge >= 0.3 is 0 Å². The molecule has 0 bridgehead atoms. The zero-order valence-electron chi connectivity index (χ0n) is 10.9. The average molecular weight is 278 g/mol. The summed E-state index contributed by atoms with van der Waals surface area (Å²) in [7, 11) is 1.51. The summed E-state index contributed by atoms with van der Waals surface area (Å²) in [5.74, 6) is 0.227. The van der Waals surface area contributed by atoms with Crippen LogP contribution in [-0.2, 0) is 11.3 Å². The molecular weight excluding hydrogens is 264 g/mol. The number of nitrogens with one attached hydrogen (secondary N) is 1. The van der Waals surface area contributed by atoms with Gasteiger partial charge in [0.1, 0.15) is 6.54 Å². The van der Waals surface area contributed by atoms with E-state index >= 15 is 0 Å². The summed E-state index contributed by atoms with van der Waals surface area (Å²) in [6.45, 7) is 1.72. The maximum Gasteiger partial charge on any atom is 0.292 e. The van der Waals surface area contributed by atoms with Crippen LogP contribution in [0.2, 0.25) is 0 Å².